The molecule has 21 heavy (non-hydrogen) atoms. The van der Waals surface area contributed by atoms with E-state index in [4.69, 9.17) is 0 Å². The molecule has 0 aliphatic heterocycles. The molecule has 5 rings (SSSR count). The first-order valence-electron chi connectivity index (χ1n) is 8.56. The molecule has 1 aromatic rings. The lowest BCUT2D eigenvalue weighted by atomic mass is 9.48. The standard InChI is InChI=1S/C18H27N3/c1-3-21-12-17(11-20-21)10-19-13(2)18-7-14-4-15(8-18)6-16(5-14)9-18/h3,11-16,19H,1,4-10H2,2H3. The third kappa shape index (κ3) is 2.36. The van der Waals surface area contributed by atoms with Crippen LogP contribution in [0.15, 0.2) is 19.0 Å². The first kappa shape index (κ1) is 13.6. The molecular weight excluding hydrogens is 258 g/mol. The van der Waals surface area contributed by atoms with E-state index in [9.17, 15) is 0 Å². The molecule has 0 amide bonds. The van der Waals surface area contributed by atoms with Crippen LogP contribution in [0.25, 0.3) is 6.20 Å². The number of aromatic nitrogens is 2. The molecule has 0 spiro atoms. The maximum absolute atomic E-state index is 4.26. The zero-order chi connectivity index (χ0) is 14.4. The Hall–Kier alpha value is -1.09. The van der Waals surface area contributed by atoms with Crippen molar-refractivity contribution in [1.82, 2.24) is 15.1 Å². The monoisotopic (exact) mass is 285 g/mol. The number of rotatable bonds is 5. The minimum absolute atomic E-state index is 0.586. The van der Waals surface area contributed by atoms with Crippen molar-refractivity contribution in [3.8, 4) is 0 Å². The fourth-order valence-electron chi connectivity index (χ4n) is 5.76. The normalized spacial score (nSPS) is 38.6. The topological polar surface area (TPSA) is 29.9 Å². The van der Waals surface area contributed by atoms with Gasteiger partial charge >= 0.3 is 0 Å². The Balaban J connectivity index is 1.42. The van der Waals surface area contributed by atoms with Gasteiger partial charge in [0.1, 0.15) is 0 Å². The van der Waals surface area contributed by atoms with Crippen molar-refractivity contribution in [2.24, 2.45) is 23.2 Å². The molecule has 0 radical (unpaired) electrons. The van der Waals surface area contributed by atoms with Crippen molar-refractivity contribution >= 4 is 6.20 Å². The van der Waals surface area contributed by atoms with Crippen molar-refractivity contribution in [3.05, 3.63) is 24.5 Å². The lowest BCUT2D eigenvalue weighted by Gasteiger charge is -2.59. The summed E-state index contributed by atoms with van der Waals surface area (Å²) in [5, 5.41) is 8.07. The van der Waals surface area contributed by atoms with Gasteiger partial charge in [-0.15, -0.1) is 0 Å². The summed E-state index contributed by atoms with van der Waals surface area (Å²) in [6, 6.07) is 0.623. The number of nitrogens with zero attached hydrogens (tertiary/aromatic N) is 2. The molecule has 114 valence electrons. The third-order valence-corrected chi connectivity index (χ3v) is 6.46. The predicted octanol–water partition coefficient (Wildman–Crippen LogP) is 3.68. The van der Waals surface area contributed by atoms with Crippen molar-refractivity contribution < 1.29 is 0 Å². The third-order valence-electron chi connectivity index (χ3n) is 6.46. The Morgan fingerprint density at radius 2 is 1.95 bits per heavy atom. The molecule has 4 saturated carbocycles. The highest BCUT2D eigenvalue weighted by molar-refractivity contribution is 5.17. The summed E-state index contributed by atoms with van der Waals surface area (Å²) in [7, 11) is 0. The SMILES string of the molecule is C=Cn1cc(CNC(C)C23CC4CC(CC(C4)C2)C3)cn1. The summed E-state index contributed by atoms with van der Waals surface area (Å²) >= 11 is 0. The lowest BCUT2D eigenvalue weighted by molar-refractivity contribution is -0.0706. The van der Waals surface area contributed by atoms with Crippen molar-refractivity contribution in [2.75, 3.05) is 0 Å². The van der Waals surface area contributed by atoms with E-state index >= 15 is 0 Å². The van der Waals surface area contributed by atoms with Gasteiger partial charge in [-0.2, -0.15) is 5.10 Å². The van der Waals surface area contributed by atoms with Crippen molar-refractivity contribution in [3.63, 3.8) is 0 Å². The van der Waals surface area contributed by atoms with Gasteiger partial charge in [0.05, 0.1) is 6.20 Å². The van der Waals surface area contributed by atoms with Crippen LogP contribution >= 0.6 is 0 Å². The summed E-state index contributed by atoms with van der Waals surface area (Å²) in [6.45, 7) is 7.10. The van der Waals surface area contributed by atoms with Crippen LogP contribution in [0, 0.1) is 23.2 Å². The second-order valence-corrected chi connectivity index (χ2v) is 7.89. The highest BCUT2D eigenvalue weighted by Crippen LogP contribution is 2.61. The average Bonchev–Trinajstić information content (AvgIpc) is 2.91. The minimum atomic E-state index is 0.586. The molecule has 3 heteroatoms. The smallest absolute Gasteiger partial charge is 0.0538 e. The van der Waals surface area contributed by atoms with Gasteiger partial charge in [-0.25, -0.2) is 4.68 Å². The van der Waals surface area contributed by atoms with Gasteiger partial charge in [-0.1, -0.05) is 6.58 Å². The Bertz CT molecular complexity index is 495. The molecular formula is C18H27N3. The molecule has 0 aromatic carbocycles. The molecule has 1 N–H and O–H groups in total. The van der Waals surface area contributed by atoms with E-state index in [-0.39, 0.29) is 0 Å². The van der Waals surface area contributed by atoms with Crippen LogP contribution in [0.4, 0.5) is 0 Å². The van der Waals surface area contributed by atoms with Crippen LogP contribution in [0.5, 0.6) is 0 Å². The first-order chi connectivity index (χ1) is 10.2. The zero-order valence-corrected chi connectivity index (χ0v) is 13.1. The van der Waals surface area contributed by atoms with E-state index in [1.54, 1.807) is 10.9 Å². The van der Waals surface area contributed by atoms with E-state index in [1.165, 1.54) is 44.1 Å². The number of nitrogens with one attached hydrogen (secondary N) is 1. The largest absolute Gasteiger partial charge is 0.310 e. The van der Waals surface area contributed by atoms with Gasteiger partial charge < -0.3 is 5.32 Å². The lowest BCUT2D eigenvalue weighted by Crippen LogP contribution is -2.54. The zero-order valence-electron chi connectivity index (χ0n) is 13.1. The molecule has 1 aromatic heterocycles. The van der Waals surface area contributed by atoms with Crippen LogP contribution in [0.1, 0.15) is 51.0 Å². The summed E-state index contributed by atoms with van der Waals surface area (Å²) in [5.41, 5.74) is 1.84. The van der Waals surface area contributed by atoms with Crippen LogP contribution in [0.2, 0.25) is 0 Å². The Morgan fingerprint density at radius 1 is 1.33 bits per heavy atom. The number of hydrogen-bond acceptors (Lipinski definition) is 2. The van der Waals surface area contributed by atoms with Gasteiger partial charge in [0, 0.05) is 30.5 Å². The van der Waals surface area contributed by atoms with E-state index in [2.05, 4.69) is 30.1 Å². The van der Waals surface area contributed by atoms with E-state index in [1.807, 2.05) is 6.20 Å². The van der Waals surface area contributed by atoms with Crippen molar-refractivity contribution in [1.29, 1.82) is 0 Å². The average molecular weight is 285 g/mol. The molecule has 4 aliphatic carbocycles. The minimum Gasteiger partial charge on any atom is -0.310 e. The fraction of sp³-hybridized carbons (Fsp3) is 0.722. The molecule has 0 saturated heterocycles. The van der Waals surface area contributed by atoms with Gasteiger partial charge in [0.2, 0.25) is 0 Å². The molecule has 4 bridgehead atoms. The maximum Gasteiger partial charge on any atom is 0.0538 e. The second kappa shape index (κ2) is 4.98. The van der Waals surface area contributed by atoms with E-state index in [0.29, 0.717) is 11.5 Å². The van der Waals surface area contributed by atoms with Crippen LogP contribution < -0.4 is 5.32 Å². The van der Waals surface area contributed by atoms with Crippen LogP contribution in [0.3, 0.4) is 0 Å². The highest BCUT2D eigenvalue weighted by atomic mass is 15.2. The second-order valence-electron chi connectivity index (χ2n) is 7.89. The van der Waals surface area contributed by atoms with Gasteiger partial charge in [-0.05, 0) is 68.6 Å². The molecule has 1 heterocycles. The fourth-order valence-corrected chi connectivity index (χ4v) is 5.76. The van der Waals surface area contributed by atoms with E-state index < -0.39 is 0 Å². The highest BCUT2D eigenvalue weighted by Gasteiger charge is 2.52. The van der Waals surface area contributed by atoms with Gasteiger partial charge in [0.15, 0.2) is 0 Å². The summed E-state index contributed by atoms with van der Waals surface area (Å²) < 4.78 is 1.78. The molecule has 3 nitrogen and oxygen atoms in total. The first-order valence-corrected chi connectivity index (χ1v) is 8.56. The Morgan fingerprint density at radius 3 is 2.48 bits per heavy atom. The maximum atomic E-state index is 4.26. The molecule has 1 atom stereocenters. The predicted molar refractivity (Wildman–Crippen MR) is 85.5 cm³/mol. The van der Waals surface area contributed by atoms with E-state index in [0.717, 1.165) is 24.3 Å². The summed E-state index contributed by atoms with van der Waals surface area (Å²) in [6.07, 6.45) is 14.7. The van der Waals surface area contributed by atoms with Crippen LogP contribution in [-0.4, -0.2) is 15.8 Å². The van der Waals surface area contributed by atoms with Crippen LogP contribution in [-0.2, 0) is 6.54 Å². The Labute approximate surface area is 127 Å². The Kier molecular flexibility index (Phi) is 3.21. The van der Waals surface area contributed by atoms with Gasteiger partial charge in [0.25, 0.3) is 0 Å². The number of hydrogen-bond donors (Lipinski definition) is 1. The molecule has 1 unspecified atom stereocenters. The summed E-state index contributed by atoms with van der Waals surface area (Å²) in [4.78, 5) is 0. The quantitative estimate of drug-likeness (QED) is 0.894. The molecule has 4 aliphatic rings. The molecule has 4 fully saturated rings. The summed E-state index contributed by atoms with van der Waals surface area (Å²) in [5.74, 6) is 3.09. The van der Waals surface area contributed by atoms with Crippen molar-refractivity contribution in [2.45, 2.75) is 58.0 Å². The van der Waals surface area contributed by atoms with Gasteiger partial charge in [-0.3, -0.25) is 0 Å².